The fraction of sp³-hybridized carbons (Fsp3) is 0.263. The molecule has 0 bridgehead atoms. The minimum atomic E-state index is -3.68. The van der Waals surface area contributed by atoms with Gasteiger partial charge in [-0.3, -0.25) is 9.59 Å². The lowest BCUT2D eigenvalue weighted by Gasteiger charge is -2.20. The van der Waals surface area contributed by atoms with Crippen molar-refractivity contribution in [3.63, 3.8) is 0 Å². The maximum Gasteiger partial charge on any atom is 0.255 e. The summed E-state index contributed by atoms with van der Waals surface area (Å²) in [6.45, 7) is 5.22. The molecule has 0 aliphatic heterocycles. The molecule has 150 valence electrons. The van der Waals surface area contributed by atoms with Gasteiger partial charge in [-0.2, -0.15) is 0 Å². The molecule has 9 heteroatoms. The van der Waals surface area contributed by atoms with Gasteiger partial charge >= 0.3 is 0 Å². The van der Waals surface area contributed by atoms with Crippen LogP contribution in [0.5, 0.6) is 0 Å². The quantitative estimate of drug-likeness (QED) is 0.687. The standard InChI is InChI=1S/C19H22ClN3O4S/c1-19(2,3)23-28(26,27)14-8-5-12(6-9-14)17(24)22-13-7-10-16(20)15(11-13)18(25)21-4/h5-11,23H,1-4H3,(H,21,25)(H,22,24). The second-order valence-corrected chi connectivity index (χ2v) is 9.20. The van der Waals surface area contributed by atoms with Gasteiger partial charge in [0, 0.05) is 23.8 Å². The lowest BCUT2D eigenvalue weighted by Crippen LogP contribution is -2.40. The topological polar surface area (TPSA) is 104 Å². The van der Waals surface area contributed by atoms with E-state index in [0.29, 0.717) is 5.69 Å². The van der Waals surface area contributed by atoms with Crippen LogP contribution < -0.4 is 15.4 Å². The zero-order valence-electron chi connectivity index (χ0n) is 16.0. The van der Waals surface area contributed by atoms with Crippen molar-refractivity contribution in [2.75, 3.05) is 12.4 Å². The molecule has 0 aromatic heterocycles. The van der Waals surface area contributed by atoms with Gasteiger partial charge in [0.05, 0.1) is 15.5 Å². The van der Waals surface area contributed by atoms with Crippen molar-refractivity contribution in [2.24, 2.45) is 0 Å². The smallest absolute Gasteiger partial charge is 0.255 e. The monoisotopic (exact) mass is 423 g/mol. The van der Waals surface area contributed by atoms with Crippen molar-refractivity contribution >= 4 is 39.1 Å². The van der Waals surface area contributed by atoms with E-state index in [1.54, 1.807) is 26.8 Å². The predicted octanol–water partition coefficient (Wildman–Crippen LogP) is 3.03. The third-order valence-corrected chi connectivity index (χ3v) is 5.67. The Hall–Kier alpha value is -2.42. The Labute approximate surface area is 169 Å². The molecule has 0 aliphatic carbocycles. The molecule has 0 saturated carbocycles. The number of anilines is 1. The molecule has 2 rings (SSSR count). The van der Waals surface area contributed by atoms with Gasteiger partial charge in [-0.05, 0) is 63.2 Å². The maximum absolute atomic E-state index is 12.4. The van der Waals surface area contributed by atoms with E-state index in [1.807, 2.05) is 0 Å². The Morgan fingerprint density at radius 3 is 2.11 bits per heavy atom. The third kappa shape index (κ3) is 5.54. The van der Waals surface area contributed by atoms with Gasteiger partial charge in [0.2, 0.25) is 10.0 Å². The van der Waals surface area contributed by atoms with Crippen molar-refractivity contribution in [2.45, 2.75) is 31.2 Å². The lowest BCUT2D eigenvalue weighted by atomic mass is 10.1. The SMILES string of the molecule is CNC(=O)c1cc(NC(=O)c2ccc(S(=O)(=O)NC(C)(C)C)cc2)ccc1Cl. The molecule has 7 nitrogen and oxygen atoms in total. The number of halogens is 1. The summed E-state index contributed by atoms with van der Waals surface area (Å²) in [6, 6.07) is 10.1. The van der Waals surface area contributed by atoms with Crippen LogP contribution in [-0.4, -0.2) is 32.8 Å². The summed E-state index contributed by atoms with van der Waals surface area (Å²) < 4.78 is 27.2. The van der Waals surface area contributed by atoms with Crippen molar-refractivity contribution < 1.29 is 18.0 Å². The summed E-state index contributed by atoms with van der Waals surface area (Å²) in [5.41, 5.74) is 0.272. The van der Waals surface area contributed by atoms with Crippen molar-refractivity contribution in [1.29, 1.82) is 0 Å². The van der Waals surface area contributed by atoms with Gasteiger partial charge in [-0.15, -0.1) is 0 Å². The van der Waals surface area contributed by atoms with E-state index >= 15 is 0 Å². The summed E-state index contributed by atoms with van der Waals surface area (Å²) in [7, 11) is -2.20. The van der Waals surface area contributed by atoms with Gasteiger partial charge < -0.3 is 10.6 Å². The number of carbonyl (C=O) groups is 2. The minimum Gasteiger partial charge on any atom is -0.355 e. The Balaban J connectivity index is 2.19. The number of hydrogen-bond acceptors (Lipinski definition) is 4. The molecular weight excluding hydrogens is 402 g/mol. The first-order valence-electron chi connectivity index (χ1n) is 8.40. The van der Waals surface area contributed by atoms with Gasteiger partial charge in [0.25, 0.3) is 11.8 Å². The summed E-state index contributed by atoms with van der Waals surface area (Å²) in [5, 5.41) is 5.39. The average Bonchev–Trinajstić information content (AvgIpc) is 2.60. The molecule has 0 unspecified atom stereocenters. The number of nitrogens with one attached hydrogen (secondary N) is 3. The number of carbonyl (C=O) groups excluding carboxylic acids is 2. The molecule has 0 radical (unpaired) electrons. The second-order valence-electron chi connectivity index (χ2n) is 7.11. The highest BCUT2D eigenvalue weighted by atomic mass is 35.5. The molecule has 0 aliphatic rings. The summed E-state index contributed by atoms with van der Waals surface area (Å²) in [6.07, 6.45) is 0. The van der Waals surface area contributed by atoms with Crippen LogP contribution in [0.3, 0.4) is 0 Å². The van der Waals surface area contributed by atoms with Gasteiger partial charge in [-0.25, -0.2) is 13.1 Å². The molecule has 0 spiro atoms. The molecule has 2 aromatic carbocycles. The molecule has 0 atom stereocenters. The van der Waals surface area contributed by atoms with E-state index in [2.05, 4.69) is 15.4 Å². The third-order valence-electron chi connectivity index (χ3n) is 3.56. The summed E-state index contributed by atoms with van der Waals surface area (Å²) in [5.74, 6) is -0.820. The van der Waals surface area contributed by atoms with Gasteiger partial charge in [-0.1, -0.05) is 11.6 Å². The number of hydrogen-bond donors (Lipinski definition) is 3. The van der Waals surface area contributed by atoms with Crippen LogP contribution >= 0.6 is 11.6 Å². The fourth-order valence-corrected chi connectivity index (χ4v) is 3.98. The molecule has 3 N–H and O–H groups in total. The van der Waals surface area contributed by atoms with Gasteiger partial charge in [0.15, 0.2) is 0 Å². The first-order valence-corrected chi connectivity index (χ1v) is 10.3. The van der Waals surface area contributed by atoms with Crippen LogP contribution in [0, 0.1) is 0 Å². The zero-order valence-corrected chi connectivity index (χ0v) is 17.5. The number of rotatable bonds is 5. The van der Waals surface area contributed by atoms with E-state index in [9.17, 15) is 18.0 Å². The van der Waals surface area contributed by atoms with Gasteiger partial charge in [0.1, 0.15) is 0 Å². The predicted molar refractivity (Wildman–Crippen MR) is 109 cm³/mol. The van der Waals surface area contributed by atoms with Crippen molar-refractivity contribution in [3.05, 3.63) is 58.6 Å². The normalized spacial score (nSPS) is 11.8. The summed E-state index contributed by atoms with van der Waals surface area (Å²) >= 11 is 5.99. The van der Waals surface area contributed by atoms with Crippen molar-refractivity contribution in [3.8, 4) is 0 Å². The van der Waals surface area contributed by atoms with Crippen LogP contribution in [0.1, 0.15) is 41.5 Å². The highest BCUT2D eigenvalue weighted by Crippen LogP contribution is 2.21. The first kappa shape index (κ1) is 21.9. The molecule has 0 saturated heterocycles. The Kier molecular flexibility index (Phi) is 6.48. The Bertz CT molecular complexity index is 997. The average molecular weight is 424 g/mol. The van der Waals surface area contributed by atoms with E-state index in [-0.39, 0.29) is 27.0 Å². The molecule has 0 fully saturated rings. The van der Waals surface area contributed by atoms with Crippen LogP contribution in [-0.2, 0) is 10.0 Å². The summed E-state index contributed by atoms with van der Waals surface area (Å²) in [4.78, 5) is 24.3. The van der Waals surface area contributed by atoms with E-state index in [0.717, 1.165) is 0 Å². The Morgan fingerprint density at radius 1 is 0.964 bits per heavy atom. The first-order chi connectivity index (χ1) is 12.9. The Morgan fingerprint density at radius 2 is 1.57 bits per heavy atom. The van der Waals surface area contributed by atoms with Crippen LogP contribution in [0.15, 0.2) is 47.4 Å². The van der Waals surface area contributed by atoms with E-state index in [1.165, 1.54) is 43.4 Å². The number of amides is 2. The molecule has 2 aromatic rings. The largest absolute Gasteiger partial charge is 0.355 e. The maximum atomic E-state index is 12.4. The van der Waals surface area contributed by atoms with Crippen LogP contribution in [0.25, 0.3) is 0 Å². The van der Waals surface area contributed by atoms with E-state index < -0.39 is 21.5 Å². The molecule has 0 heterocycles. The fourth-order valence-electron chi connectivity index (χ4n) is 2.36. The van der Waals surface area contributed by atoms with Crippen LogP contribution in [0.2, 0.25) is 5.02 Å². The van der Waals surface area contributed by atoms with Crippen LogP contribution in [0.4, 0.5) is 5.69 Å². The zero-order chi connectivity index (χ0) is 21.1. The van der Waals surface area contributed by atoms with Crippen molar-refractivity contribution in [1.82, 2.24) is 10.0 Å². The van der Waals surface area contributed by atoms with E-state index in [4.69, 9.17) is 11.6 Å². The molecule has 28 heavy (non-hydrogen) atoms. The number of benzene rings is 2. The molecule has 2 amide bonds. The number of sulfonamides is 1. The highest BCUT2D eigenvalue weighted by molar-refractivity contribution is 7.89. The lowest BCUT2D eigenvalue weighted by molar-refractivity contribution is 0.0961. The second kappa shape index (κ2) is 8.30. The molecular formula is C19H22ClN3O4S. The minimum absolute atomic E-state index is 0.0624. The highest BCUT2D eigenvalue weighted by Gasteiger charge is 2.22.